The first-order valence-electron chi connectivity index (χ1n) is 5.98. The summed E-state index contributed by atoms with van der Waals surface area (Å²) in [6.07, 6.45) is 3.11. The number of hydrogen-bond acceptors (Lipinski definition) is 4. The van der Waals surface area contributed by atoms with E-state index in [0.29, 0.717) is 6.54 Å². The van der Waals surface area contributed by atoms with Crippen LogP contribution in [-0.4, -0.2) is 36.8 Å². The largest absolute Gasteiger partial charge is 0.345 e. The zero-order chi connectivity index (χ0) is 14.6. The number of aromatic nitrogens is 1. The maximum atomic E-state index is 12.3. The lowest BCUT2D eigenvalue weighted by Gasteiger charge is -2.15. The number of hydrogen-bond donors (Lipinski definition) is 2. The maximum absolute atomic E-state index is 12.3. The number of nitrogens with one attached hydrogen (secondary N) is 1. The van der Waals surface area contributed by atoms with Gasteiger partial charge in [0.25, 0.3) is 5.91 Å². The van der Waals surface area contributed by atoms with E-state index in [1.165, 1.54) is 28.2 Å². The second-order valence-electron chi connectivity index (χ2n) is 4.33. The topological polar surface area (TPSA) is 97.4 Å². The van der Waals surface area contributed by atoms with Crippen LogP contribution in [0, 0.1) is 0 Å². The molecule has 0 unspecified atom stereocenters. The number of nitrogens with zero attached hydrogens (tertiary/aromatic N) is 2. The molecule has 0 aliphatic carbocycles. The number of carbonyl (C=O) groups excluding carboxylic acids is 1. The third-order valence-corrected chi connectivity index (χ3v) is 4.70. The zero-order valence-electron chi connectivity index (χ0n) is 11.4. The molecule has 1 amide bonds. The van der Waals surface area contributed by atoms with E-state index in [1.807, 2.05) is 12.3 Å². The van der Waals surface area contributed by atoms with Gasteiger partial charge in [0.2, 0.25) is 10.0 Å². The highest BCUT2D eigenvalue weighted by Crippen LogP contribution is 2.17. The SMILES string of the molecule is CCCCN(C)S(=O)(=O)c1cc(C(=O)NN)n(C)c1. The number of hydrazine groups is 1. The molecule has 0 aliphatic rings. The molecule has 0 bridgehead atoms. The monoisotopic (exact) mass is 288 g/mol. The van der Waals surface area contributed by atoms with Crippen LogP contribution in [0.5, 0.6) is 0 Å². The first-order valence-corrected chi connectivity index (χ1v) is 7.42. The van der Waals surface area contributed by atoms with Crippen molar-refractivity contribution in [3.8, 4) is 0 Å². The van der Waals surface area contributed by atoms with Crippen molar-refractivity contribution < 1.29 is 13.2 Å². The molecule has 0 spiro atoms. The Labute approximate surface area is 113 Å². The van der Waals surface area contributed by atoms with Gasteiger partial charge in [-0.05, 0) is 12.5 Å². The third kappa shape index (κ3) is 3.34. The highest BCUT2D eigenvalue weighted by molar-refractivity contribution is 7.89. The van der Waals surface area contributed by atoms with E-state index in [4.69, 9.17) is 5.84 Å². The number of nitrogens with two attached hydrogens (primary N) is 1. The Morgan fingerprint density at radius 1 is 1.53 bits per heavy atom. The summed E-state index contributed by atoms with van der Waals surface area (Å²) in [7, 11) is -0.442. The van der Waals surface area contributed by atoms with Crippen LogP contribution < -0.4 is 11.3 Å². The Kier molecular flexibility index (Phi) is 5.10. The van der Waals surface area contributed by atoms with Gasteiger partial charge in [-0.3, -0.25) is 10.2 Å². The number of sulfonamides is 1. The molecule has 1 aromatic rings. The van der Waals surface area contributed by atoms with Gasteiger partial charge in [0, 0.05) is 26.8 Å². The molecule has 0 saturated heterocycles. The minimum Gasteiger partial charge on any atom is -0.345 e. The number of amides is 1. The predicted molar refractivity (Wildman–Crippen MR) is 71.8 cm³/mol. The van der Waals surface area contributed by atoms with Gasteiger partial charge in [-0.15, -0.1) is 0 Å². The van der Waals surface area contributed by atoms with Crippen LogP contribution in [0.25, 0.3) is 0 Å². The summed E-state index contributed by atoms with van der Waals surface area (Å²) in [5, 5.41) is 0. The van der Waals surface area contributed by atoms with Gasteiger partial charge in [0.15, 0.2) is 0 Å². The molecule has 0 fully saturated rings. The molecule has 7 nitrogen and oxygen atoms in total. The molecule has 3 N–H and O–H groups in total. The van der Waals surface area contributed by atoms with Gasteiger partial charge in [-0.2, -0.15) is 0 Å². The van der Waals surface area contributed by atoms with Crippen LogP contribution in [0.4, 0.5) is 0 Å². The van der Waals surface area contributed by atoms with Gasteiger partial charge in [0.05, 0.1) is 0 Å². The predicted octanol–water partition coefficient (Wildman–Crippen LogP) is 0.0492. The second-order valence-corrected chi connectivity index (χ2v) is 6.37. The van der Waals surface area contributed by atoms with Gasteiger partial charge in [-0.25, -0.2) is 18.6 Å². The lowest BCUT2D eigenvalue weighted by Crippen LogP contribution is -2.31. The number of unbranched alkanes of at least 4 members (excludes halogenated alkanes) is 1. The van der Waals surface area contributed by atoms with Crippen molar-refractivity contribution in [3.05, 3.63) is 18.0 Å². The average molecular weight is 288 g/mol. The Hall–Kier alpha value is -1.38. The number of carbonyl (C=O) groups is 1. The summed E-state index contributed by atoms with van der Waals surface area (Å²) in [5.41, 5.74) is 2.18. The molecule has 1 heterocycles. The molecule has 0 aliphatic heterocycles. The summed E-state index contributed by atoms with van der Waals surface area (Å²) < 4.78 is 27.2. The van der Waals surface area contributed by atoms with E-state index < -0.39 is 15.9 Å². The van der Waals surface area contributed by atoms with Gasteiger partial charge < -0.3 is 4.57 Å². The molecule has 0 aromatic carbocycles. The van der Waals surface area contributed by atoms with Crippen molar-refractivity contribution in [2.24, 2.45) is 12.9 Å². The summed E-state index contributed by atoms with van der Waals surface area (Å²) in [5.74, 6) is 4.52. The molecule has 0 saturated carbocycles. The second kappa shape index (κ2) is 6.18. The summed E-state index contributed by atoms with van der Waals surface area (Å²) >= 11 is 0. The summed E-state index contributed by atoms with van der Waals surface area (Å²) in [6.45, 7) is 2.44. The van der Waals surface area contributed by atoms with E-state index >= 15 is 0 Å². The quantitative estimate of drug-likeness (QED) is 0.439. The summed E-state index contributed by atoms with van der Waals surface area (Å²) in [4.78, 5) is 11.5. The Balaban J connectivity index is 3.06. The van der Waals surface area contributed by atoms with Crippen molar-refractivity contribution in [2.75, 3.05) is 13.6 Å². The van der Waals surface area contributed by atoms with E-state index in [2.05, 4.69) is 0 Å². The lowest BCUT2D eigenvalue weighted by atomic mass is 10.3. The van der Waals surface area contributed by atoms with Gasteiger partial charge in [-0.1, -0.05) is 13.3 Å². The van der Waals surface area contributed by atoms with Crippen molar-refractivity contribution in [1.29, 1.82) is 0 Å². The fourth-order valence-corrected chi connectivity index (χ4v) is 2.94. The first kappa shape index (κ1) is 15.7. The van der Waals surface area contributed by atoms with Crippen LogP contribution >= 0.6 is 0 Å². The van der Waals surface area contributed by atoms with E-state index in [0.717, 1.165) is 12.8 Å². The van der Waals surface area contributed by atoms with Crippen LogP contribution in [0.2, 0.25) is 0 Å². The zero-order valence-corrected chi connectivity index (χ0v) is 12.2. The van der Waals surface area contributed by atoms with Crippen molar-refractivity contribution in [2.45, 2.75) is 24.7 Å². The normalized spacial score (nSPS) is 11.8. The smallest absolute Gasteiger partial charge is 0.281 e. The fraction of sp³-hybridized carbons (Fsp3) is 0.545. The molecule has 8 heteroatoms. The van der Waals surface area contributed by atoms with E-state index in [-0.39, 0.29) is 10.6 Å². The molecule has 0 atom stereocenters. The van der Waals surface area contributed by atoms with Gasteiger partial charge >= 0.3 is 0 Å². The minimum absolute atomic E-state index is 0.0900. The van der Waals surface area contributed by atoms with E-state index in [9.17, 15) is 13.2 Å². The number of rotatable bonds is 6. The van der Waals surface area contributed by atoms with Crippen molar-refractivity contribution in [1.82, 2.24) is 14.3 Å². The molecule has 1 aromatic heterocycles. The fourth-order valence-electron chi connectivity index (χ4n) is 1.66. The van der Waals surface area contributed by atoms with Crippen molar-refractivity contribution in [3.63, 3.8) is 0 Å². The Morgan fingerprint density at radius 3 is 2.68 bits per heavy atom. The average Bonchev–Trinajstić information content (AvgIpc) is 2.77. The highest BCUT2D eigenvalue weighted by atomic mass is 32.2. The summed E-state index contributed by atoms with van der Waals surface area (Å²) in [6, 6.07) is 1.32. The van der Waals surface area contributed by atoms with E-state index in [1.54, 1.807) is 7.05 Å². The van der Waals surface area contributed by atoms with Crippen LogP contribution in [0.1, 0.15) is 30.3 Å². The standard InChI is InChI=1S/C11H20N4O3S/c1-4-5-6-15(3)19(17,18)9-7-10(11(16)13-12)14(2)8-9/h7-8H,4-6,12H2,1-3H3,(H,13,16). The van der Waals surface area contributed by atoms with Crippen LogP contribution in [-0.2, 0) is 17.1 Å². The van der Waals surface area contributed by atoms with Crippen LogP contribution in [0.15, 0.2) is 17.2 Å². The molecular formula is C11H20N4O3S. The maximum Gasteiger partial charge on any atom is 0.281 e. The minimum atomic E-state index is -3.56. The number of aryl methyl sites for hydroxylation is 1. The molecular weight excluding hydrogens is 268 g/mol. The van der Waals surface area contributed by atoms with Gasteiger partial charge in [0.1, 0.15) is 10.6 Å². The molecule has 108 valence electrons. The Morgan fingerprint density at radius 2 is 2.16 bits per heavy atom. The first-order chi connectivity index (χ1) is 8.84. The van der Waals surface area contributed by atoms with Crippen LogP contribution in [0.3, 0.4) is 0 Å². The molecule has 1 rings (SSSR count). The number of nitrogen functional groups attached to an aromatic ring is 1. The third-order valence-electron chi connectivity index (χ3n) is 2.88. The highest BCUT2D eigenvalue weighted by Gasteiger charge is 2.24. The molecule has 19 heavy (non-hydrogen) atoms. The Bertz CT molecular complexity index is 550. The lowest BCUT2D eigenvalue weighted by molar-refractivity contribution is 0.0945. The van der Waals surface area contributed by atoms with Crippen molar-refractivity contribution >= 4 is 15.9 Å². The molecule has 0 radical (unpaired) electrons.